The van der Waals surface area contributed by atoms with E-state index in [4.69, 9.17) is 4.74 Å². The Morgan fingerprint density at radius 3 is 2.18 bits per heavy atom. The zero-order valence-electron chi connectivity index (χ0n) is 11.6. The number of Topliss-reactive ketones (excluding diaryl/α,β-unsaturated/α-hetero) is 2. The molecule has 1 rings (SSSR count). The Labute approximate surface area is 124 Å². The van der Waals surface area contributed by atoms with Crippen molar-refractivity contribution in [3.05, 3.63) is 29.8 Å². The van der Waals surface area contributed by atoms with E-state index in [0.717, 1.165) is 0 Å². The van der Waals surface area contributed by atoms with Crippen LogP contribution in [-0.2, 0) is 14.3 Å². The number of hydrogen-bond acceptors (Lipinski definition) is 5. The zero-order chi connectivity index (χ0) is 16.8. The van der Waals surface area contributed by atoms with Crippen molar-refractivity contribution in [3.8, 4) is 5.75 Å². The third-order valence-electron chi connectivity index (χ3n) is 2.48. The van der Waals surface area contributed by atoms with Gasteiger partial charge in [-0.25, -0.2) is 4.79 Å². The molecule has 0 heterocycles. The van der Waals surface area contributed by atoms with Crippen molar-refractivity contribution in [1.29, 1.82) is 0 Å². The normalized spacial score (nSPS) is 10.9. The minimum Gasteiger partial charge on any atom is -0.482 e. The quantitative estimate of drug-likeness (QED) is 0.438. The number of ether oxygens (including phenoxy) is 2. The highest BCUT2D eigenvalue weighted by Crippen LogP contribution is 2.20. The zero-order valence-corrected chi connectivity index (χ0v) is 11.6. The van der Waals surface area contributed by atoms with Gasteiger partial charge in [0.2, 0.25) is 5.78 Å². The largest absolute Gasteiger partial charge is 0.482 e. The Balaban J connectivity index is 2.59. The molecule has 0 aromatic heterocycles. The van der Waals surface area contributed by atoms with Gasteiger partial charge in [-0.15, -0.1) is 0 Å². The van der Waals surface area contributed by atoms with Gasteiger partial charge in [-0.3, -0.25) is 9.59 Å². The van der Waals surface area contributed by atoms with Crippen LogP contribution < -0.4 is 4.74 Å². The molecule has 8 heteroatoms. The van der Waals surface area contributed by atoms with Crippen LogP contribution in [0.4, 0.5) is 13.2 Å². The molecule has 0 aliphatic carbocycles. The second-order valence-corrected chi connectivity index (χ2v) is 4.14. The molecule has 0 aliphatic rings. The van der Waals surface area contributed by atoms with E-state index < -0.39 is 30.1 Å². The molecule has 0 bridgehead atoms. The predicted molar refractivity (Wildman–Crippen MR) is 68.6 cm³/mol. The van der Waals surface area contributed by atoms with Crippen molar-refractivity contribution in [2.75, 3.05) is 13.2 Å². The van der Waals surface area contributed by atoms with Crippen LogP contribution in [-0.4, -0.2) is 36.9 Å². The van der Waals surface area contributed by atoms with Gasteiger partial charge in [0.1, 0.15) is 5.75 Å². The van der Waals surface area contributed by atoms with E-state index in [9.17, 15) is 27.6 Å². The van der Waals surface area contributed by atoms with Crippen LogP contribution in [0.3, 0.4) is 0 Å². The highest BCUT2D eigenvalue weighted by Gasteiger charge is 2.39. The van der Waals surface area contributed by atoms with Crippen LogP contribution in [0, 0.1) is 0 Å². The van der Waals surface area contributed by atoms with Crippen LogP contribution in [0.2, 0.25) is 0 Å². The topological polar surface area (TPSA) is 69.7 Å². The molecule has 1 aromatic rings. The minimum absolute atomic E-state index is 0.0546. The average molecular weight is 318 g/mol. The van der Waals surface area contributed by atoms with Gasteiger partial charge in [-0.1, -0.05) is 0 Å². The number of alkyl halides is 3. The number of carbonyl (C=O) groups is 3. The van der Waals surface area contributed by atoms with Gasteiger partial charge in [0.25, 0.3) is 0 Å². The molecule has 0 unspecified atom stereocenters. The fourth-order valence-corrected chi connectivity index (χ4v) is 1.43. The van der Waals surface area contributed by atoms with Crippen molar-refractivity contribution in [1.82, 2.24) is 0 Å². The SMILES string of the molecule is CCOC(=O)COc1ccc(C(=O)CC(=O)C(F)(F)F)cc1. The first-order chi connectivity index (χ1) is 10.2. The van der Waals surface area contributed by atoms with Gasteiger partial charge >= 0.3 is 12.1 Å². The van der Waals surface area contributed by atoms with Crippen molar-refractivity contribution in [2.45, 2.75) is 19.5 Å². The Morgan fingerprint density at radius 1 is 1.09 bits per heavy atom. The van der Waals surface area contributed by atoms with Gasteiger partial charge in [0.05, 0.1) is 13.0 Å². The van der Waals surface area contributed by atoms with Gasteiger partial charge in [0, 0.05) is 5.56 Å². The van der Waals surface area contributed by atoms with Crippen molar-refractivity contribution in [2.24, 2.45) is 0 Å². The number of esters is 1. The summed E-state index contributed by atoms with van der Waals surface area (Å²) < 4.78 is 45.9. The Bertz CT molecular complexity index is 549. The first-order valence-electron chi connectivity index (χ1n) is 6.25. The maximum absolute atomic E-state index is 12.1. The molecule has 0 saturated heterocycles. The molecule has 0 aliphatic heterocycles. The standard InChI is InChI=1S/C14H13F3O5/c1-2-21-13(20)8-22-10-5-3-9(4-6-10)11(18)7-12(19)14(15,16)17/h3-6H,2,7-8H2,1H3. The van der Waals surface area contributed by atoms with Gasteiger partial charge in [0.15, 0.2) is 12.4 Å². The summed E-state index contributed by atoms with van der Waals surface area (Å²) in [6.07, 6.45) is -6.27. The number of rotatable bonds is 7. The molecular weight excluding hydrogens is 305 g/mol. The fourth-order valence-electron chi connectivity index (χ4n) is 1.43. The molecule has 0 amide bonds. The molecule has 0 N–H and O–H groups in total. The van der Waals surface area contributed by atoms with E-state index in [1.165, 1.54) is 24.3 Å². The monoisotopic (exact) mass is 318 g/mol. The number of benzene rings is 1. The number of ketones is 2. The number of halogens is 3. The van der Waals surface area contributed by atoms with E-state index >= 15 is 0 Å². The number of hydrogen-bond donors (Lipinski definition) is 0. The second-order valence-electron chi connectivity index (χ2n) is 4.14. The van der Waals surface area contributed by atoms with Crippen LogP contribution >= 0.6 is 0 Å². The lowest BCUT2D eigenvalue weighted by atomic mass is 10.1. The maximum atomic E-state index is 12.1. The first kappa shape index (κ1) is 17.7. The third-order valence-corrected chi connectivity index (χ3v) is 2.48. The Hall–Kier alpha value is -2.38. The van der Waals surface area contributed by atoms with E-state index in [2.05, 4.69) is 4.74 Å². The summed E-state index contributed by atoms with van der Waals surface area (Å²) in [5, 5.41) is 0. The van der Waals surface area contributed by atoms with E-state index in [-0.39, 0.29) is 24.5 Å². The molecule has 0 saturated carbocycles. The van der Waals surface area contributed by atoms with E-state index in [1.807, 2.05) is 0 Å². The van der Waals surface area contributed by atoms with Gasteiger partial charge in [-0.05, 0) is 31.2 Å². The lowest BCUT2D eigenvalue weighted by Crippen LogP contribution is -2.25. The first-order valence-corrected chi connectivity index (χ1v) is 6.25. The molecular formula is C14H13F3O5. The Kier molecular flexibility index (Phi) is 6.09. The highest BCUT2D eigenvalue weighted by molar-refractivity contribution is 6.09. The lowest BCUT2D eigenvalue weighted by molar-refractivity contribution is -0.170. The highest BCUT2D eigenvalue weighted by atomic mass is 19.4. The summed E-state index contributed by atoms with van der Waals surface area (Å²) in [6.45, 7) is 1.52. The molecule has 5 nitrogen and oxygen atoms in total. The molecule has 0 spiro atoms. The van der Waals surface area contributed by atoms with Crippen molar-refractivity contribution < 1.29 is 37.0 Å². The second kappa shape index (κ2) is 7.58. The summed E-state index contributed by atoms with van der Waals surface area (Å²) in [5.74, 6) is -3.37. The molecule has 22 heavy (non-hydrogen) atoms. The van der Waals surface area contributed by atoms with Crippen molar-refractivity contribution >= 4 is 17.5 Å². The third kappa shape index (κ3) is 5.55. The van der Waals surface area contributed by atoms with Gasteiger partial charge < -0.3 is 9.47 Å². The average Bonchev–Trinajstić information content (AvgIpc) is 2.45. The summed E-state index contributed by atoms with van der Waals surface area (Å²) in [7, 11) is 0. The van der Waals surface area contributed by atoms with E-state index in [0.29, 0.717) is 0 Å². The van der Waals surface area contributed by atoms with Crippen LogP contribution in [0.5, 0.6) is 5.75 Å². The van der Waals surface area contributed by atoms with Crippen molar-refractivity contribution in [3.63, 3.8) is 0 Å². The van der Waals surface area contributed by atoms with Crippen LogP contribution in [0.1, 0.15) is 23.7 Å². The molecule has 120 valence electrons. The summed E-state index contributed by atoms with van der Waals surface area (Å²) >= 11 is 0. The molecule has 1 aromatic carbocycles. The summed E-state index contributed by atoms with van der Waals surface area (Å²) in [6, 6.07) is 5.05. The smallest absolute Gasteiger partial charge is 0.450 e. The fraction of sp³-hybridized carbons (Fsp3) is 0.357. The van der Waals surface area contributed by atoms with E-state index in [1.54, 1.807) is 6.92 Å². The van der Waals surface area contributed by atoms with Crippen LogP contribution in [0.15, 0.2) is 24.3 Å². The summed E-state index contributed by atoms with van der Waals surface area (Å²) in [4.78, 5) is 33.3. The van der Waals surface area contributed by atoms with Gasteiger partial charge in [-0.2, -0.15) is 13.2 Å². The van der Waals surface area contributed by atoms with Crippen LogP contribution in [0.25, 0.3) is 0 Å². The molecule has 0 atom stereocenters. The predicted octanol–water partition coefficient (Wildman–Crippen LogP) is 2.33. The molecule has 0 fully saturated rings. The summed E-state index contributed by atoms with van der Waals surface area (Å²) in [5.41, 5.74) is -0.0546. The number of carbonyl (C=O) groups excluding carboxylic acids is 3. The molecule has 0 radical (unpaired) electrons. The Morgan fingerprint density at radius 2 is 1.68 bits per heavy atom. The lowest BCUT2D eigenvalue weighted by Gasteiger charge is -2.07. The maximum Gasteiger partial charge on any atom is 0.450 e. The minimum atomic E-state index is -5.03.